The van der Waals surface area contributed by atoms with Crippen LogP contribution < -0.4 is 10.6 Å². The number of anilines is 2. The van der Waals surface area contributed by atoms with Gasteiger partial charge >= 0.3 is 0 Å². The van der Waals surface area contributed by atoms with Gasteiger partial charge in [0.1, 0.15) is 0 Å². The van der Waals surface area contributed by atoms with Gasteiger partial charge in [0.15, 0.2) is 0 Å². The summed E-state index contributed by atoms with van der Waals surface area (Å²) >= 11 is 0. The van der Waals surface area contributed by atoms with Crippen molar-refractivity contribution >= 4 is 11.4 Å². The number of nitrogens with zero attached hydrogens (tertiary/aromatic N) is 2. The van der Waals surface area contributed by atoms with Crippen LogP contribution in [0.1, 0.15) is 23.5 Å². The van der Waals surface area contributed by atoms with E-state index in [1.54, 1.807) is 0 Å². The van der Waals surface area contributed by atoms with Crippen LogP contribution in [0.3, 0.4) is 0 Å². The Morgan fingerprint density at radius 3 is 2.60 bits per heavy atom. The van der Waals surface area contributed by atoms with E-state index in [9.17, 15) is 0 Å². The van der Waals surface area contributed by atoms with Gasteiger partial charge in [-0.3, -0.25) is 0 Å². The number of para-hydroxylation sites is 1. The van der Waals surface area contributed by atoms with Gasteiger partial charge in [-0.1, -0.05) is 18.2 Å². The third-order valence-electron chi connectivity index (χ3n) is 3.89. The molecule has 20 heavy (non-hydrogen) atoms. The van der Waals surface area contributed by atoms with Gasteiger partial charge in [-0.05, 0) is 48.9 Å². The van der Waals surface area contributed by atoms with Crippen molar-refractivity contribution in [1.29, 1.82) is 5.26 Å². The van der Waals surface area contributed by atoms with E-state index in [2.05, 4.69) is 35.2 Å². The van der Waals surface area contributed by atoms with E-state index in [0.29, 0.717) is 18.0 Å². The van der Waals surface area contributed by atoms with Crippen LogP contribution in [0.5, 0.6) is 0 Å². The first-order chi connectivity index (χ1) is 9.83. The highest BCUT2D eigenvalue weighted by Gasteiger charge is 2.28. The second kappa shape index (κ2) is 5.36. The summed E-state index contributed by atoms with van der Waals surface area (Å²) in [5.74, 6) is 0.492. The Bertz CT molecular complexity index is 640. The number of benzene rings is 2. The summed E-state index contributed by atoms with van der Waals surface area (Å²) in [6.45, 7) is 1.67. The fraction of sp³-hybridized carbons (Fsp3) is 0.235. The highest BCUT2D eigenvalue weighted by Crippen LogP contribution is 2.41. The van der Waals surface area contributed by atoms with Crippen LogP contribution in [0.4, 0.5) is 11.4 Å². The number of rotatable bonds is 3. The molecule has 1 unspecified atom stereocenters. The SMILES string of the molecule is N#Cc1ccc(N2CC(CCN)c3ccccc32)cc1. The number of fused-ring (bicyclic) bond motifs is 1. The summed E-state index contributed by atoms with van der Waals surface area (Å²) in [6, 6.07) is 18.4. The zero-order valence-corrected chi connectivity index (χ0v) is 11.3. The predicted octanol–water partition coefficient (Wildman–Crippen LogP) is 3.14. The molecule has 0 aromatic heterocycles. The van der Waals surface area contributed by atoms with Crippen molar-refractivity contribution in [2.45, 2.75) is 12.3 Å². The van der Waals surface area contributed by atoms with Gasteiger partial charge in [-0.25, -0.2) is 0 Å². The fourth-order valence-electron chi connectivity index (χ4n) is 2.90. The molecule has 1 aliphatic rings. The van der Waals surface area contributed by atoms with Gasteiger partial charge in [0, 0.05) is 23.8 Å². The van der Waals surface area contributed by atoms with Gasteiger partial charge in [0.05, 0.1) is 11.6 Å². The van der Waals surface area contributed by atoms with Crippen molar-refractivity contribution in [3.8, 4) is 6.07 Å². The van der Waals surface area contributed by atoms with Crippen LogP contribution in [0.15, 0.2) is 48.5 Å². The van der Waals surface area contributed by atoms with Crippen LogP contribution >= 0.6 is 0 Å². The molecule has 3 rings (SSSR count). The molecular formula is C17H17N3. The topological polar surface area (TPSA) is 53.0 Å². The molecule has 3 nitrogen and oxygen atoms in total. The fourth-order valence-corrected chi connectivity index (χ4v) is 2.90. The summed E-state index contributed by atoms with van der Waals surface area (Å²) in [6.07, 6.45) is 1.00. The lowest BCUT2D eigenvalue weighted by atomic mass is 9.98. The molecule has 0 bridgehead atoms. The van der Waals surface area contributed by atoms with Gasteiger partial charge in [0.25, 0.3) is 0 Å². The first kappa shape index (κ1) is 12.7. The Morgan fingerprint density at radius 2 is 1.90 bits per heavy atom. The lowest BCUT2D eigenvalue weighted by Crippen LogP contribution is -2.17. The van der Waals surface area contributed by atoms with E-state index in [0.717, 1.165) is 18.7 Å². The molecule has 0 saturated carbocycles. The zero-order valence-electron chi connectivity index (χ0n) is 11.3. The maximum absolute atomic E-state index is 8.89. The molecule has 1 atom stereocenters. The molecule has 0 saturated heterocycles. The molecule has 2 aromatic carbocycles. The summed E-state index contributed by atoms with van der Waals surface area (Å²) in [7, 11) is 0. The van der Waals surface area contributed by atoms with Crippen molar-refractivity contribution in [3.63, 3.8) is 0 Å². The molecule has 0 aliphatic carbocycles. The van der Waals surface area contributed by atoms with E-state index in [1.807, 2.05) is 24.3 Å². The average molecular weight is 263 g/mol. The standard InChI is InChI=1S/C17H17N3/c18-10-9-14-12-20(17-4-2-1-3-16(14)17)15-7-5-13(11-19)6-8-15/h1-8,14H,9-10,12,18H2. The molecule has 1 aliphatic heterocycles. The highest BCUT2D eigenvalue weighted by molar-refractivity contribution is 5.71. The minimum absolute atomic E-state index is 0.492. The van der Waals surface area contributed by atoms with E-state index in [1.165, 1.54) is 11.3 Å². The first-order valence-electron chi connectivity index (χ1n) is 6.90. The van der Waals surface area contributed by atoms with Crippen LogP contribution in [-0.2, 0) is 0 Å². The third kappa shape index (κ3) is 2.15. The van der Waals surface area contributed by atoms with Gasteiger partial charge in [-0.2, -0.15) is 5.26 Å². The normalized spacial score (nSPS) is 16.8. The van der Waals surface area contributed by atoms with Crippen LogP contribution in [0.2, 0.25) is 0 Å². The third-order valence-corrected chi connectivity index (χ3v) is 3.89. The van der Waals surface area contributed by atoms with E-state index < -0.39 is 0 Å². The maximum Gasteiger partial charge on any atom is 0.0991 e. The second-order valence-electron chi connectivity index (χ2n) is 5.10. The smallest absolute Gasteiger partial charge is 0.0991 e. The second-order valence-corrected chi connectivity index (χ2v) is 5.10. The van der Waals surface area contributed by atoms with Gasteiger partial charge < -0.3 is 10.6 Å². The largest absolute Gasteiger partial charge is 0.341 e. The summed E-state index contributed by atoms with van der Waals surface area (Å²) in [5, 5.41) is 8.89. The Balaban J connectivity index is 1.96. The number of hydrogen-bond acceptors (Lipinski definition) is 3. The molecule has 2 aromatic rings. The van der Waals surface area contributed by atoms with Crippen LogP contribution in [-0.4, -0.2) is 13.1 Å². The average Bonchev–Trinajstić information content (AvgIpc) is 2.87. The first-order valence-corrected chi connectivity index (χ1v) is 6.90. The Morgan fingerprint density at radius 1 is 1.15 bits per heavy atom. The van der Waals surface area contributed by atoms with Crippen molar-refractivity contribution in [3.05, 3.63) is 59.7 Å². The predicted molar refractivity (Wildman–Crippen MR) is 81.0 cm³/mol. The summed E-state index contributed by atoms with van der Waals surface area (Å²) in [5.41, 5.74) is 10.2. The van der Waals surface area contributed by atoms with E-state index in [-0.39, 0.29) is 0 Å². The minimum atomic E-state index is 0.492. The minimum Gasteiger partial charge on any atom is -0.341 e. The number of hydrogen-bond donors (Lipinski definition) is 1. The van der Waals surface area contributed by atoms with E-state index >= 15 is 0 Å². The summed E-state index contributed by atoms with van der Waals surface area (Å²) < 4.78 is 0. The molecule has 3 heteroatoms. The Kier molecular flexibility index (Phi) is 3.41. The van der Waals surface area contributed by atoms with Crippen molar-refractivity contribution < 1.29 is 0 Å². The van der Waals surface area contributed by atoms with Gasteiger partial charge in [0.2, 0.25) is 0 Å². The Hall–Kier alpha value is -2.31. The zero-order chi connectivity index (χ0) is 13.9. The molecule has 0 spiro atoms. The molecule has 0 amide bonds. The molecule has 2 N–H and O–H groups in total. The molecular weight excluding hydrogens is 246 g/mol. The number of nitriles is 1. The highest BCUT2D eigenvalue weighted by atomic mass is 15.2. The lowest BCUT2D eigenvalue weighted by Gasteiger charge is -2.20. The van der Waals surface area contributed by atoms with Crippen LogP contribution in [0.25, 0.3) is 0 Å². The van der Waals surface area contributed by atoms with Crippen molar-refractivity contribution in [1.82, 2.24) is 0 Å². The molecule has 0 radical (unpaired) electrons. The van der Waals surface area contributed by atoms with Gasteiger partial charge in [-0.15, -0.1) is 0 Å². The molecule has 0 fully saturated rings. The van der Waals surface area contributed by atoms with E-state index in [4.69, 9.17) is 11.0 Å². The maximum atomic E-state index is 8.89. The Labute approximate surface area is 119 Å². The van der Waals surface area contributed by atoms with Crippen molar-refractivity contribution in [2.75, 3.05) is 18.0 Å². The monoisotopic (exact) mass is 263 g/mol. The van der Waals surface area contributed by atoms with Crippen LogP contribution in [0, 0.1) is 11.3 Å². The lowest BCUT2D eigenvalue weighted by molar-refractivity contribution is 0.669. The number of nitrogens with two attached hydrogens (primary N) is 1. The quantitative estimate of drug-likeness (QED) is 0.925. The van der Waals surface area contributed by atoms with Crippen molar-refractivity contribution in [2.24, 2.45) is 5.73 Å². The summed E-state index contributed by atoms with van der Waals surface area (Å²) in [4.78, 5) is 2.32. The molecule has 1 heterocycles. The molecule has 100 valence electrons.